The third-order valence-electron chi connectivity index (χ3n) is 2.73. The fourth-order valence-corrected chi connectivity index (χ4v) is 3.96. The van der Waals surface area contributed by atoms with Gasteiger partial charge in [-0.3, -0.25) is 4.99 Å². The second kappa shape index (κ2) is 5.99. The molecule has 1 atom stereocenters. The summed E-state index contributed by atoms with van der Waals surface area (Å²) in [5.74, 6) is -0.207. The van der Waals surface area contributed by atoms with E-state index in [1.807, 2.05) is 0 Å². The quantitative estimate of drug-likeness (QED) is 0.735. The molecule has 1 aromatic rings. The van der Waals surface area contributed by atoms with Crippen molar-refractivity contribution in [3.63, 3.8) is 0 Å². The largest absolute Gasteiger partial charge is 0.334 e. The maximum Gasteiger partial charge on any atom is 0.161 e. The number of nitrogens with zero attached hydrogens (tertiary/aromatic N) is 1. The molecule has 1 aliphatic heterocycles. The average Bonchev–Trinajstić information content (AvgIpc) is 2.67. The van der Waals surface area contributed by atoms with Gasteiger partial charge in [-0.15, -0.1) is 0 Å². The smallest absolute Gasteiger partial charge is 0.161 e. The standard InChI is InChI=1S/C14H18FIN2S/c1-14(2,3)7-10-8-17-13(19-10)18-12-5-4-9(15)6-11(12)16/h4-6,10H,7-8H2,1-3H3,(H,17,18). The molecule has 1 N–H and O–H groups in total. The molecule has 1 aliphatic rings. The fraction of sp³-hybridized carbons (Fsp3) is 0.500. The van der Waals surface area contributed by atoms with Gasteiger partial charge in [0.25, 0.3) is 0 Å². The molecule has 0 saturated carbocycles. The van der Waals surface area contributed by atoms with Crippen LogP contribution < -0.4 is 5.32 Å². The van der Waals surface area contributed by atoms with Gasteiger partial charge in [-0.1, -0.05) is 32.5 Å². The number of rotatable bonds is 2. The van der Waals surface area contributed by atoms with Crippen LogP contribution >= 0.6 is 34.4 Å². The highest BCUT2D eigenvalue weighted by Crippen LogP contribution is 2.33. The number of benzene rings is 1. The number of thioether (sulfide) groups is 1. The lowest BCUT2D eigenvalue weighted by molar-refractivity contribution is 0.375. The van der Waals surface area contributed by atoms with E-state index in [1.54, 1.807) is 17.8 Å². The summed E-state index contributed by atoms with van der Waals surface area (Å²) in [6.45, 7) is 7.62. The van der Waals surface area contributed by atoms with E-state index in [1.165, 1.54) is 12.1 Å². The summed E-state index contributed by atoms with van der Waals surface area (Å²) in [6, 6.07) is 4.75. The molecule has 0 bridgehead atoms. The van der Waals surface area contributed by atoms with Crippen LogP contribution in [0.1, 0.15) is 27.2 Å². The Kier molecular flexibility index (Phi) is 4.76. The molecule has 5 heteroatoms. The Labute approximate surface area is 131 Å². The van der Waals surface area contributed by atoms with E-state index in [-0.39, 0.29) is 5.82 Å². The summed E-state index contributed by atoms with van der Waals surface area (Å²) in [7, 11) is 0. The molecule has 104 valence electrons. The van der Waals surface area contributed by atoms with Gasteiger partial charge in [0, 0.05) is 8.82 Å². The second-order valence-corrected chi connectivity index (χ2v) is 8.35. The third kappa shape index (κ3) is 4.63. The number of anilines is 1. The van der Waals surface area contributed by atoms with E-state index >= 15 is 0 Å². The first kappa shape index (κ1) is 15.1. The highest BCUT2D eigenvalue weighted by Gasteiger charge is 2.25. The maximum absolute atomic E-state index is 13.0. The molecule has 0 fully saturated rings. The van der Waals surface area contributed by atoms with E-state index < -0.39 is 0 Å². The Morgan fingerprint density at radius 2 is 2.21 bits per heavy atom. The van der Waals surface area contributed by atoms with Crippen LogP contribution in [0.2, 0.25) is 0 Å². The molecule has 2 rings (SSSR count). The van der Waals surface area contributed by atoms with Gasteiger partial charge < -0.3 is 5.32 Å². The second-order valence-electron chi connectivity index (χ2n) is 5.90. The van der Waals surface area contributed by atoms with E-state index in [9.17, 15) is 4.39 Å². The molecule has 1 heterocycles. The molecule has 0 spiro atoms. The first-order chi connectivity index (χ1) is 8.83. The van der Waals surface area contributed by atoms with Crippen LogP contribution in [0, 0.1) is 14.8 Å². The van der Waals surface area contributed by atoms with Crippen molar-refractivity contribution in [1.82, 2.24) is 0 Å². The van der Waals surface area contributed by atoms with Crippen LogP contribution in [0.15, 0.2) is 23.2 Å². The van der Waals surface area contributed by atoms with Crippen LogP contribution in [0.25, 0.3) is 0 Å². The number of hydrogen-bond donors (Lipinski definition) is 1. The van der Waals surface area contributed by atoms with Gasteiger partial charge in [0.2, 0.25) is 0 Å². The van der Waals surface area contributed by atoms with Crippen molar-refractivity contribution < 1.29 is 4.39 Å². The monoisotopic (exact) mass is 392 g/mol. The molecular formula is C14H18FIN2S. The molecule has 0 aromatic heterocycles. The van der Waals surface area contributed by atoms with Gasteiger partial charge in [0.1, 0.15) is 5.82 Å². The summed E-state index contributed by atoms with van der Waals surface area (Å²) in [4.78, 5) is 4.53. The summed E-state index contributed by atoms with van der Waals surface area (Å²) < 4.78 is 13.9. The van der Waals surface area contributed by atoms with Gasteiger partial charge in [-0.2, -0.15) is 0 Å². The Morgan fingerprint density at radius 1 is 1.47 bits per heavy atom. The predicted octanol–water partition coefficient (Wildman–Crippen LogP) is 4.75. The molecule has 0 amide bonds. The summed E-state index contributed by atoms with van der Waals surface area (Å²) in [5, 5.41) is 4.78. The zero-order valence-electron chi connectivity index (χ0n) is 11.3. The van der Waals surface area contributed by atoms with Gasteiger partial charge >= 0.3 is 0 Å². The van der Waals surface area contributed by atoms with E-state index in [0.717, 1.165) is 27.4 Å². The summed E-state index contributed by atoms with van der Waals surface area (Å²) in [6.07, 6.45) is 1.15. The highest BCUT2D eigenvalue weighted by atomic mass is 127. The van der Waals surface area contributed by atoms with E-state index in [2.05, 4.69) is 53.7 Å². The number of hydrogen-bond acceptors (Lipinski definition) is 3. The lowest BCUT2D eigenvalue weighted by Gasteiger charge is -2.21. The van der Waals surface area contributed by atoms with Gasteiger partial charge in [0.05, 0.1) is 12.2 Å². The zero-order chi connectivity index (χ0) is 14.0. The average molecular weight is 392 g/mol. The number of aliphatic imine (C=N–C) groups is 1. The van der Waals surface area contributed by atoms with Crippen molar-refractivity contribution in [1.29, 1.82) is 0 Å². The molecule has 0 radical (unpaired) electrons. The lowest BCUT2D eigenvalue weighted by atomic mass is 9.90. The molecule has 1 unspecified atom stereocenters. The van der Waals surface area contributed by atoms with Gasteiger partial charge in [-0.25, -0.2) is 4.39 Å². The van der Waals surface area contributed by atoms with E-state index in [0.29, 0.717) is 10.7 Å². The van der Waals surface area contributed by atoms with Crippen molar-refractivity contribution in [2.24, 2.45) is 10.4 Å². The molecular weight excluding hydrogens is 374 g/mol. The SMILES string of the molecule is CC(C)(C)CC1CN=C(Nc2ccc(F)cc2I)S1. The number of halogens is 2. The fourth-order valence-electron chi connectivity index (χ4n) is 1.98. The summed E-state index contributed by atoms with van der Waals surface area (Å²) in [5.41, 5.74) is 1.25. The minimum atomic E-state index is -0.207. The minimum Gasteiger partial charge on any atom is -0.334 e. The first-order valence-corrected chi connectivity index (χ1v) is 8.22. The van der Waals surface area contributed by atoms with Crippen molar-refractivity contribution in [2.45, 2.75) is 32.4 Å². The van der Waals surface area contributed by atoms with Gasteiger partial charge in [0.15, 0.2) is 5.17 Å². The Bertz CT molecular complexity index is 497. The minimum absolute atomic E-state index is 0.207. The topological polar surface area (TPSA) is 24.4 Å². The number of amidine groups is 1. The lowest BCUT2D eigenvalue weighted by Crippen LogP contribution is -2.16. The van der Waals surface area contributed by atoms with E-state index in [4.69, 9.17) is 0 Å². The molecule has 19 heavy (non-hydrogen) atoms. The van der Waals surface area contributed by atoms with Crippen LogP contribution in [-0.2, 0) is 0 Å². The Balaban J connectivity index is 1.95. The van der Waals surface area contributed by atoms with Gasteiger partial charge in [-0.05, 0) is 52.6 Å². The third-order valence-corrected chi connectivity index (χ3v) is 4.73. The maximum atomic E-state index is 13.0. The molecule has 2 nitrogen and oxygen atoms in total. The van der Waals surface area contributed by atoms with Crippen molar-refractivity contribution >= 4 is 45.2 Å². The Morgan fingerprint density at radius 3 is 2.84 bits per heavy atom. The van der Waals surface area contributed by atoms with Crippen molar-refractivity contribution in [3.8, 4) is 0 Å². The van der Waals surface area contributed by atoms with Crippen molar-refractivity contribution in [3.05, 3.63) is 27.6 Å². The highest BCUT2D eigenvalue weighted by molar-refractivity contribution is 14.1. The molecule has 1 aromatic carbocycles. The van der Waals surface area contributed by atoms with Crippen LogP contribution in [0.5, 0.6) is 0 Å². The molecule has 0 saturated heterocycles. The van der Waals surface area contributed by atoms with Crippen LogP contribution in [0.3, 0.4) is 0 Å². The van der Waals surface area contributed by atoms with Crippen LogP contribution in [0.4, 0.5) is 10.1 Å². The van der Waals surface area contributed by atoms with Crippen molar-refractivity contribution in [2.75, 3.05) is 11.9 Å². The van der Waals surface area contributed by atoms with Crippen LogP contribution in [-0.4, -0.2) is 17.0 Å². The Hall–Kier alpha value is -0.300. The first-order valence-electron chi connectivity index (χ1n) is 6.27. The zero-order valence-corrected chi connectivity index (χ0v) is 14.3. The number of nitrogens with one attached hydrogen (secondary N) is 1. The predicted molar refractivity (Wildman–Crippen MR) is 90.5 cm³/mol. The normalized spacial score (nSPS) is 19.4. The summed E-state index contributed by atoms with van der Waals surface area (Å²) >= 11 is 3.92. The molecule has 0 aliphatic carbocycles.